The lowest BCUT2D eigenvalue weighted by atomic mass is 10.1. The van der Waals surface area contributed by atoms with E-state index in [-0.39, 0.29) is 29.2 Å². The molecule has 0 radical (unpaired) electrons. The third-order valence-corrected chi connectivity index (χ3v) is 5.75. The van der Waals surface area contributed by atoms with Gasteiger partial charge in [0.25, 0.3) is 11.5 Å². The summed E-state index contributed by atoms with van der Waals surface area (Å²) in [6.07, 6.45) is 3.19. The van der Waals surface area contributed by atoms with Crippen LogP contribution in [0.15, 0.2) is 71.8 Å². The number of halogens is 3. The van der Waals surface area contributed by atoms with Crippen molar-refractivity contribution >= 4 is 23.1 Å². The van der Waals surface area contributed by atoms with Crippen LogP contribution in [0.5, 0.6) is 11.5 Å². The Balaban J connectivity index is 1.60. The van der Waals surface area contributed by atoms with Crippen LogP contribution in [0.4, 0.5) is 24.5 Å². The van der Waals surface area contributed by atoms with Crippen molar-refractivity contribution in [1.29, 1.82) is 0 Å². The van der Waals surface area contributed by atoms with Gasteiger partial charge in [0.2, 0.25) is 0 Å². The number of ether oxygens (including phenoxy) is 1. The summed E-state index contributed by atoms with van der Waals surface area (Å²) in [6, 6.07) is 10.8. The van der Waals surface area contributed by atoms with E-state index in [0.29, 0.717) is 17.8 Å². The molecule has 8 nitrogen and oxygen atoms in total. The Morgan fingerprint density at radius 2 is 1.72 bits per heavy atom. The molecule has 0 unspecified atom stereocenters. The number of anilines is 2. The highest BCUT2D eigenvalue weighted by Crippen LogP contribution is 2.30. The van der Waals surface area contributed by atoms with Gasteiger partial charge in [-0.15, -0.1) is 0 Å². The van der Waals surface area contributed by atoms with E-state index in [1.165, 1.54) is 49.8 Å². The topological polar surface area (TPSA) is 102 Å². The third-order valence-electron chi connectivity index (χ3n) is 5.75. The number of ketones is 1. The van der Waals surface area contributed by atoms with Gasteiger partial charge in [0, 0.05) is 56.2 Å². The SMILES string of the molecule is CCC(=O)Cc1cc(Oc2cc(F)c(NC(=O)c3c(NC)ccn(-c4ccc(F)cc4)c3=O)cc2F)ccn1. The van der Waals surface area contributed by atoms with Gasteiger partial charge in [-0.3, -0.25) is 23.9 Å². The lowest BCUT2D eigenvalue weighted by Crippen LogP contribution is -2.29. The highest BCUT2D eigenvalue weighted by atomic mass is 19.1. The molecule has 2 aromatic carbocycles. The highest BCUT2D eigenvalue weighted by Gasteiger charge is 2.21. The van der Waals surface area contributed by atoms with Gasteiger partial charge in [0.15, 0.2) is 17.4 Å². The quantitative estimate of drug-likeness (QED) is 0.303. The molecule has 39 heavy (non-hydrogen) atoms. The molecular formula is C28H23F3N4O4. The first-order valence-corrected chi connectivity index (χ1v) is 11.8. The lowest BCUT2D eigenvalue weighted by Gasteiger charge is -2.14. The highest BCUT2D eigenvalue weighted by molar-refractivity contribution is 6.07. The third kappa shape index (κ3) is 6.15. The maximum absolute atomic E-state index is 14.9. The van der Waals surface area contributed by atoms with Gasteiger partial charge < -0.3 is 15.4 Å². The van der Waals surface area contributed by atoms with E-state index in [0.717, 1.165) is 28.8 Å². The second kappa shape index (κ2) is 11.6. The van der Waals surface area contributed by atoms with Gasteiger partial charge in [0.1, 0.15) is 22.9 Å². The van der Waals surface area contributed by atoms with Gasteiger partial charge >= 0.3 is 0 Å². The maximum atomic E-state index is 14.9. The number of nitrogens with zero attached hydrogens (tertiary/aromatic N) is 2. The second-order valence-electron chi connectivity index (χ2n) is 8.38. The van der Waals surface area contributed by atoms with Gasteiger partial charge in [-0.25, -0.2) is 13.2 Å². The number of pyridine rings is 2. The summed E-state index contributed by atoms with van der Waals surface area (Å²) >= 11 is 0. The molecule has 0 atom stereocenters. The minimum absolute atomic E-state index is 0.0405. The van der Waals surface area contributed by atoms with Crippen LogP contribution in [-0.4, -0.2) is 28.3 Å². The van der Waals surface area contributed by atoms with Crippen molar-refractivity contribution in [2.45, 2.75) is 19.8 Å². The molecule has 0 saturated heterocycles. The summed E-state index contributed by atoms with van der Waals surface area (Å²) in [4.78, 5) is 42.0. The molecule has 2 aromatic heterocycles. The zero-order chi connectivity index (χ0) is 28.1. The number of hydrogen-bond donors (Lipinski definition) is 2. The molecule has 200 valence electrons. The average molecular weight is 537 g/mol. The first-order chi connectivity index (χ1) is 18.7. The van der Waals surface area contributed by atoms with E-state index >= 15 is 0 Å². The molecule has 0 fully saturated rings. The van der Waals surface area contributed by atoms with E-state index < -0.39 is 40.4 Å². The first kappa shape index (κ1) is 27.1. The molecular weight excluding hydrogens is 513 g/mol. The zero-order valence-corrected chi connectivity index (χ0v) is 20.9. The van der Waals surface area contributed by atoms with Crippen LogP contribution in [0.25, 0.3) is 5.69 Å². The van der Waals surface area contributed by atoms with Crippen LogP contribution in [0, 0.1) is 17.5 Å². The van der Waals surface area contributed by atoms with Crippen LogP contribution in [0.1, 0.15) is 29.4 Å². The van der Waals surface area contributed by atoms with Crippen molar-refractivity contribution in [3.63, 3.8) is 0 Å². The van der Waals surface area contributed by atoms with E-state index in [9.17, 15) is 27.6 Å². The standard InChI is InChI=1S/C28H23F3N4O4/c1-3-19(36)12-17-13-20(8-10-33-17)39-25-15-21(30)24(14-22(25)31)34-27(37)26-23(32-2)9-11-35(28(26)38)18-6-4-16(29)5-7-18/h4-11,13-15,32H,3,12H2,1-2H3,(H,34,37). The fraction of sp³-hybridized carbons (Fsp3) is 0.143. The summed E-state index contributed by atoms with van der Waals surface area (Å²) in [5.74, 6) is -3.86. The number of hydrogen-bond acceptors (Lipinski definition) is 6. The molecule has 0 aliphatic heterocycles. The molecule has 0 aliphatic carbocycles. The Morgan fingerprint density at radius 1 is 0.974 bits per heavy atom. The number of amides is 1. The average Bonchev–Trinajstić information content (AvgIpc) is 2.92. The summed E-state index contributed by atoms with van der Waals surface area (Å²) in [6.45, 7) is 1.72. The predicted molar refractivity (Wildman–Crippen MR) is 139 cm³/mol. The lowest BCUT2D eigenvalue weighted by molar-refractivity contribution is -0.118. The molecule has 0 spiro atoms. The minimum Gasteiger partial charge on any atom is -0.454 e. The van der Waals surface area contributed by atoms with Crippen molar-refractivity contribution in [2.24, 2.45) is 0 Å². The Labute approximate surface area is 221 Å². The summed E-state index contributed by atoms with van der Waals surface area (Å²) < 4.78 is 49.7. The van der Waals surface area contributed by atoms with Crippen molar-refractivity contribution in [2.75, 3.05) is 17.7 Å². The second-order valence-corrected chi connectivity index (χ2v) is 8.38. The number of carbonyl (C=O) groups is 2. The fourth-order valence-electron chi connectivity index (χ4n) is 3.73. The Morgan fingerprint density at radius 3 is 2.41 bits per heavy atom. The predicted octanol–water partition coefficient (Wildman–Crippen LogP) is 5.26. The summed E-state index contributed by atoms with van der Waals surface area (Å²) in [7, 11) is 1.49. The number of aromatic nitrogens is 2. The fourth-order valence-corrected chi connectivity index (χ4v) is 3.73. The number of carbonyl (C=O) groups excluding carboxylic acids is 2. The van der Waals surface area contributed by atoms with Crippen LogP contribution in [-0.2, 0) is 11.2 Å². The van der Waals surface area contributed by atoms with Crippen molar-refractivity contribution in [1.82, 2.24) is 9.55 Å². The molecule has 0 saturated carbocycles. The number of nitrogens with one attached hydrogen (secondary N) is 2. The van der Waals surface area contributed by atoms with Gasteiger partial charge in [0.05, 0.1) is 17.1 Å². The van der Waals surface area contributed by atoms with Crippen molar-refractivity contribution in [3.8, 4) is 17.2 Å². The number of benzene rings is 2. The smallest absolute Gasteiger partial charge is 0.270 e. The van der Waals surface area contributed by atoms with Gasteiger partial charge in [-0.1, -0.05) is 6.92 Å². The van der Waals surface area contributed by atoms with Crippen molar-refractivity contribution < 1.29 is 27.5 Å². The summed E-state index contributed by atoms with van der Waals surface area (Å²) in [5, 5.41) is 4.95. The minimum atomic E-state index is -1.02. The molecule has 4 rings (SSSR count). The molecule has 11 heteroatoms. The van der Waals surface area contributed by atoms with Crippen molar-refractivity contribution in [3.05, 3.63) is 106 Å². The van der Waals surface area contributed by atoms with E-state index in [1.807, 2.05) is 0 Å². The first-order valence-electron chi connectivity index (χ1n) is 11.8. The van der Waals surface area contributed by atoms with Crippen LogP contribution in [0.2, 0.25) is 0 Å². The molecule has 0 bridgehead atoms. The number of rotatable bonds is 9. The summed E-state index contributed by atoms with van der Waals surface area (Å²) in [5.41, 5.74) is -0.787. The molecule has 4 aromatic rings. The monoisotopic (exact) mass is 536 g/mol. The van der Waals surface area contributed by atoms with E-state index in [4.69, 9.17) is 4.74 Å². The maximum Gasteiger partial charge on any atom is 0.270 e. The molecule has 2 N–H and O–H groups in total. The van der Waals surface area contributed by atoms with E-state index in [2.05, 4.69) is 15.6 Å². The molecule has 1 amide bonds. The molecule has 0 aliphatic rings. The number of Topliss-reactive ketones (excluding diaryl/α,β-unsaturated/α-hetero) is 1. The van der Waals surface area contributed by atoms with Crippen LogP contribution < -0.4 is 20.9 Å². The van der Waals surface area contributed by atoms with Gasteiger partial charge in [-0.2, -0.15) is 0 Å². The van der Waals surface area contributed by atoms with Crippen LogP contribution >= 0.6 is 0 Å². The largest absolute Gasteiger partial charge is 0.454 e. The van der Waals surface area contributed by atoms with E-state index in [1.54, 1.807) is 6.92 Å². The Kier molecular flexibility index (Phi) is 8.09. The zero-order valence-electron chi connectivity index (χ0n) is 20.9. The van der Waals surface area contributed by atoms with Gasteiger partial charge in [-0.05, 0) is 36.4 Å². The Hall–Kier alpha value is -4.93. The van der Waals surface area contributed by atoms with Crippen LogP contribution in [0.3, 0.4) is 0 Å². The molecule has 2 heterocycles. The Bertz CT molecular complexity index is 1600. The normalized spacial score (nSPS) is 10.7.